The normalized spacial score (nSPS) is 10.4. The Balaban J connectivity index is 2.30. The highest BCUT2D eigenvalue weighted by Gasteiger charge is 2.14. The number of hydrogen-bond acceptors (Lipinski definition) is 3. The maximum Gasteiger partial charge on any atom is 0.346 e. The summed E-state index contributed by atoms with van der Waals surface area (Å²) in [5, 5.41) is 10.1. The molecule has 1 aromatic heterocycles. The van der Waals surface area contributed by atoms with E-state index in [1.54, 1.807) is 0 Å². The van der Waals surface area contributed by atoms with Crippen molar-refractivity contribution in [2.45, 2.75) is 0 Å². The van der Waals surface area contributed by atoms with E-state index in [1.807, 2.05) is 0 Å². The van der Waals surface area contributed by atoms with Gasteiger partial charge in [-0.2, -0.15) is 4.39 Å². The predicted octanol–water partition coefficient (Wildman–Crippen LogP) is 4.28. The molecule has 0 saturated carbocycles. The van der Waals surface area contributed by atoms with Gasteiger partial charge in [0.15, 0.2) is 11.6 Å². The molecule has 1 aromatic carbocycles. The maximum atomic E-state index is 13.4. The van der Waals surface area contributed by atoms with Crippen LogP contribution in [0.15, 0.2) is 28.1 Å². The van der Waals surface area contributed by atoms with Gasteiger partial charge < -0.3 is 9.84 Å². The van der Waals surface area contributed by atoms with Gasteiger partial charge in [-0.15, -0.1) is 11.3 Å². The third kappa shape index (κ3) is 2.68. The van der Waals surface area contributed by atoms with Gasteiger partial charge in [-0.25, -0.2) is 9.18 Å². The van der Waals surface area contributed by atoms with E-state index in [4.69, 9.17) is 9.84 Å². The summed E-state index contributed by atoms with van der Waals surface area (Å²) in [4.78, 5) is 10.7. The topological polar surface area (TPSA) is 46.5 Å². The Morgan fingerprint density at radius 3 is 2.67 bits per heavy atom. The molecule has 0 aliphatic rings. The van der Waals surface area contributed by atoms with Crippen molar-refractivity contribution in [3.63, 3.8) is 0 Å². The van der Waals surface area contributed by atoms with E-state index in [0.717, 1.165) is 17.4 Å². The largest absolute Gasteiger partial charge is 0.477 e. The quantitative estimate of drug-likeness (QED) is 0.852. The fraction of sp³-hybridized carbons (Fsp3) is 0. The molecule has 0 radical (unpaired) electrons. The summed E-state index contributed by atoms with van der Waals surface area (Å²) in [6.45, 7) is 0. The fourth-order valence-electron chi connectivity index (χ4n) is 1.22. The third-order valence-electron chi connectivity index (χ3n) is 1.97. The molecule has 0 bridgehead atoms. The average molecular weight is 335 g/mol. The first-order chi connectivity index (χ1) is 8.47. The first kappa shape index (κ1) is 13.0. The average Bonchev–Trinajstić information content (AvgIpc) is 2.74. The van der Waals surface area contributed by atoms with E-state index in [0.29, 0.717) is 4.47 Å². The fourth-order valence-corrected chi connectivity index (χ4v) is 2.27. The third-order valence-corrected chi connectivity index (χ3v) is 3.33. The predicted molar refractivity (Wildman–Crippen MR) is 65.4 cm³/mol. The zero-order valence-electron chi connectivity index (χ0n) is 8.62. The van der Waals surface area contributed by atoms with Gasteiger partial charge in [-0.1, -0.05) is 15.9 Å². The molecule has 2 rings (SSSR count). The van der Waals surface area contributed by atoms with Crippen LogP contribution in [-0.4, -0.2) is 11.1 Å². The zero-order chi connectivity index (χ0) is 13.3. The second kappa shape index (κ2) is 5.03. The Hall–Kier alpha value is -1.47. The van der Waals surface area contributed by atoms with Gasteiger partial charge in [0.1, 0.15) is 10.6 Å². The van der Waals surface area contributed by atoms with Gasteiger partial charge in [0.25, 0.3) is 0 Å². The molecule has 0 spiro atoms. The Morgan fingerprint density at radius 2 is 2.06 bits per heavy atom. The van der Waals surface area contributed by atoms with Crippen molar-refractivity contribution in [2.24, 2.45) is 0 Å². The molecule has 1 heterocycles. The van der Waals surface area contributed by atoms with Gasteiger partial charge in [0, 0.05) is 15.9 Å². The summed E-state index contributed by atoms with van der Waals surface area (Å²) in [5.74, 6) is -3.43. The van der Waals surface area contributed by atoms with E-state index in [2.05, 4.69) is 15.9 Å². The number of carboxylic acid groups (broad SMARTS) is 1. The van der Waals surface area contributed by atoms with Crippen molar-refractivity contribution >= 4 is 33.2 Å². The van der Waals surface area contributed by atoms with Crippen LogP contribution in [0.3, 0.4) is 0 Å². The highest BCUT2D eigenvalue weighted by Crippen LogP contribution is 2.31. The Kier molecular flexibility index (Phi) is 3.63. The van der Waals surface area contributed by atoms with Crippen molar-refractivity contribution in [3.05, 3.63) is 44.6 Å². The summed E-state index contributed by atoms with van der Waals surface area (Å²) in [6.07, 6.45) is 0. The second-order valence-electron chi connectivity index (χ2n) is 3.25. The number of carbonyl (C=O) groups is 1. The minimum Gasteiger partial charge on any atom is -0.477 e. The molecule has 0 fully saturated rings. The monoisotopic (exact) mass is 334 g/mol. The van der Waals surface area contributed by atoms with E-state index >= 15 is 0 Å². The van der Waals surface area contributed by atoms with Gasteiger partial charge in [0.05, 0.1) is 0 Å². The van der Waals surface area contributed by atoms with Crippen molar-refractivity contribution in [3.8, 4) is 11.5 Å². The first-order valence-corrected chi connectivity index (χ1v) is 6.29. The Morgan fingerprint density at radius 1 is 1.33 bits per heavy atom. The van der Waals surface area contributed by atoms with Crippen molar-refractivity contribution in [1.82, 2.24) is 0 Å². The number of carboxylic acids is 1. The highest BCUT2D eigenvalue weighted by molar-refractivity contribution is 9.10. The molecule has 0 aliphatic heterocycles. The lowest BCUT2D eigenvalue weighted by molar-refractivity contribution is 0.0702. The minimum atomic E-state index is -1.12. The van der Waals surface area contributed by atoms with Gasteiger partial charge in [-0.3, -0.25) is 0 Å². The molecule has 1 N–H and O–H groups in total. The number of hydrogen-bond donors (Lipinski definition) is 1. The van der Waals surface area contributed by atoms with E-state index < -0.39 is 17.6 Å². The molecular formula is C11H5BrF2O3S. The number of rotatable bonds is 3. The van der Waals surface area contributed by atoms with Crippen molar-refractivity contribution in [2.75, 3.05) is 0 Å². The zero-order valence-corrected chi connectivity index (χ0v) is 11.0. The number of benzene rings is 1. The number of ether oxygens (including phenoxy) is 1. The molecule has 0 amide bonds. The lowest BCUT2D eigenvalue weighted by atomic mass is 10.3. The smallest absolute Gasteiger partial charge is 0.346 e. The minimum absolute atomic E-state index is 0.0564. The molecule has 3 nitrogen and oxygen atoms in total. The Labute approximate surface area is 113 Å². The van der Waals surface area contributed by atoms with Crippen LogP contribution < -0.4 is 4.74 Å². The van der Waals surface area contributed by atoms with E-state index in [1.165, 1.54) is 17.5 Å². The van der Waals surface area contributed by atoms with Crippen LogP contribution in [0.1, 0.15) is 9.67 Å². The summed E-state index contributed by atoms with van der Waals surface area (Å²) < 4.78 is 31.9. The molecule has 18 heavy (non-hydrogen) atoms. The van der Waals surface area contributed by atoms with Crippen LogP contribution in [0.2, 0.25) is 0 Å². The summed E-state index contributed by atoms with van der Waals surface area (Å²) >= 11 is 3.95. The summed E-state index contributed by atoms with van der Waals surface area (Å²) in [6, 6.07) is 3.47. The van der Waals surface area contributed by atoms with Gasteiger partial charge in [-0.05, 0) is 12.1 Å². The number of aromatic carboxylic acids is 1. The Bertz CT molecular complexity index is 612. The molecular weight excluding hydrogens is 330 g/mol. The second-order valence-corrected chi connectivity index (χ2v) is 5.08. The van der Waals surface area contributed by atoms with Crippen LogP contribution in [0.25, 0.3) is 0 Å². The van der Waals surface area contributed by atoms with Crippen LogP contribution in [0.4, 0.5) is 8.78 Å². The highest BCUT2D eigenvalue weighted by atomic mass is 79.9. The standard InChI is InChI=1S/C11H5BrF2O3S/c12-5-1-7(13)10(14)8(2-5)17-6-3-9(11(15)16)18-4-6/h1-4H,(H,15,16). The van der Waals surface area contributed by atoms with Gasteiger partial charge in [0.2, 0.25) is 5.82 Å². The van der Waals surface area contributed by atoms with Crippen LogP contribution in [0.5, 0.6) is 11.5 Å². The van der Waals surface area contributed by atoms with Crippen molar-refractivity contribution in [1.29, 1.82) is 0 Å². The molecule has 0 unspecified atom stereocenters. The van der Waals surface area contributed by atoms with Crippen LogP contribution >= 0.6 is 27.3 Å². The lowest BCUT2D eigenvalue weighted by Crippen LogP contribution is -1.92. The SMILES string of the molecule is O=C(O)c1cc(Oc2cc(Br)cc(F)c2F)cs1. The number of halogens is 3. The summed E-state index contributed by atoms with van der Waals surface area (Å²) in [7, 11) is 0. The molecule has 0 atom stereocenters. The van der Waals surface area contributed by atoms with Gasteiger partial charge >= 0.3 is 5.97 Å². The first-order valence-electron chi connectivity index (χ1n) is 4.61. The molecule has 2 aromatic rings. The lowest BCUT2D eigenvalue weighted by Gasteiger charge is -2.05. The van der Waals surface area contributed by atoms with Crippen LogP contribution in [-0.2, 0) is 0 Å². The molecule has 7 heteroatoms. The summed E-state index contributed by atoms with van der Waals surface area (Å²) in [5.41, 5.74) is 0. The van der Waals surface area contributed by atoms with E-state index in [-0.39, 0.29) is 16.4 Å². The molecule has 94 valence electrons. The van der Waals surface area contributed by atoms with Crippen molar-refractivity contribution < 1.29 is 23.4 Å². The van der Waals surface area contributed by atoms with Crippen LogP contribution in [0, 0.1) is 11.6 Å². The van der Waals surface area contributed by atoms with E-state index in [9.17, 15) is 13.6 Å². The molecule has 0 aliphatic carbocycles. The maximum absolute atomic E-state index is 13.4. The number of thiophene rings is 1. The molecule has 0 saturated heterocycles.